The van der Waals surface area contributed by atoms with Gasteiger partial charge in [0.1, 0.15) is 5.82 Å². The number of aryl methyl sites for hydroxylation is 1. The summed E-state index contributed by atoms with van der Waals surface area (Å²) in [6, 6.07) is 7.77. The molecular weight excluding hydrogens is 190 g/mol. The van der Waals surface area contributed by atoms with Crippen molar-refractivity contribution in [3.63, 3.8) is 0 Å². The molecule has 0 amide bonds. The third-order valence-electron chi connectivity index (χ3n) is 2.12. The first-order valence-electron chi connectivity index (χ1n) is 4.54. The molecule has 5 nitrogen and oxygen atoms in total. The predicted molar refractivity (Wildman–Crippen MR) is 57.1 cm³/mol. The van der Waals surface area contributed by atoms with Crippen molar-refractivity contribution in [1.82, 2.24) is 9.97 Å². The molecule has 1 aromatic carbocycles. The zero-order chi connectivity index (χ0) is 10.7. The standard InChI is InChI=1S/C10H9N5/c1-7-8-4-2-3-5-9(8)14-10(13-7)6-12-15-11/h2-5H,6H2,1H3. The molecular formula is C10H9N5. The normalized spacial score (nSPS) is 9.93. The Bertz CT molecular complexity index is 543. The van der Waals surface area contributed by atoms with E-state index in [1.807, 2.05) is 31.2 Å². The molecule has 0 radical (unpaired) electrons. The molecule has 0 fully saturated rings. The molecule has 0 saturated heterocycles. The first kappa shape index (κ1) is 9.43. The van der Waals surface area contributed by atoms with E-state index in [2.05, 4.69) is 20.0 Å². The van der Waals surface area contributed by atoms with Crippen molar-refractivity contribution >= 4 is 10.9 Å². The van der Waals surface area contributed by atoms with Crippen LogP contribution in [0.2, 0.25) is 0 Å². The number of fused-ring (bicyclic) bond motifs is 1. The first-order valence-corrected chi connectivity index (χ1v) is 4.54. The molecule has 0 bridgehead atoms. The molecule has 15 heavy (non-hydrogen) atoms. The summed E-state index contributed by atoms with van der Waals surface area (Å²) in [5, 5.41) is 4.48. The largest absolute Gasteiger partial charge is 0.237 e. The van der Waals surface area contributed by atoms with Gasteiger partial charge in [0.15, 0.2) is 0 Å². The van der Waals surface area contributed by atoms with Crippen molar-refractivity contribution in [2.75, 3.05) is 0 Å². The highest BCUT2D eigenvalue weighted by atomic mass is 15.1. The summed E-state index contributed by atoms with van der Waals surface area (Å²) in [6.45, 7) is 2.12. The summed E-state index contributed by atoms with van der Waals surface area (Å²) in [5.41, 5.74) is 10.0. The summed E-state index contributed by atoms with van der Waals surface area (Å²) in [4.78, 5) is 11.2. The van der Waals surface area contributed by atoms with Crippen molar-refractivity contribution in [2.45, 2.75) is 13.5 Å². The summed E-state index contributed by atoms with van der Waals surface area (Å²) in [7, 11) is 0. The van der Waals surface area contributed by atoms with Crippen LogP contribution in [0.1, 0.15) is 11.5 Å². The average Bonchev–Trinajstić information content (AvgIpc) is 2.26. The van der Waals surface area contributed by atoms with Crippen LogP contribution >= 0.6 is 0 Å². The van der Waals surface area contributed by atoms with Gasteiger partial charge in [-0.1, -0.05) is 23.3 Å². The maximum Gasteiger partial charge on any atom is 0.135 e. The number of nitrogens with zero attached hydrogens (tertiary/aromatic N) is 5. The van der Waals surface area contributed by atoms with Gasteiger partial charge in [0.05, 0.1) is 12.1 Å². The van der Waals surface area contributed by atoms with Gasteiger partial charge in [-0.15, -0.1) is 0 Å². The highest BCUT2D eigenvalue weighted by Gasteiger charge is 2.02. The van der Waals surface area contributed by atoms with Crippen molar-refractivity contribution in [3.05, 3.63) is 46.2 Å². The van der Waals surface area contributed by atoms with Crippen LogP contribution in [-0.2, 0) is 6.54 Å². The fourth-order valence-corrected chi connectivity index (χ4v) is 1.46. The summed E-state index contributed by atoms with van der Waals surface area (Å²) in [6.07, 6.45) is 0. The number of hydrogen-bond donors (Lipinski definition) is 0. The van der Waals surface area contributed by atoms with Gasteiger partial charge in [0.25, 0.3) is 0 Å². The van der Waals surface area contributed by atoms with Crippen LogP contribution in [0.25, 0.3) is 21.3 Å². The lowest BCUT2D eigenvalue weighted by atomic mass is 10.2. The monoisotopic (exact) mass is 199 g/mol. The molecule has 0 aliphatic heterocycles. The molecule has 0 saturated carbocycles. The molecule has 0 spiro atoms. The molecule has 0 atom stereocenters. The highest BCUT2D eigenvalue weighted by Crippen LogP contribution is 2.14. The summed E-state index contributed by atoms with van der Waals surface area (Å²) in [5.74, 6) is 0.559. The number of benzene rings is 1. The smallest absolute Gasteiger partial charge is 0.135 e. The van der Waals surface area contributed by atoms with E-state index in [1.165, 1.54) is 0 Å². The fraction of sp³-hybridized carbons (Fsp3) is 0.200. The number of azide groups is 1. The van der Waals surface area contributed by atoms with Gasteiger partial charge in [0, 0.05) is 16.0 Å². The van der Waals surface area contributed by atoms with E-state index in [4.69, 9.17) is 5.53 Å². The lowest BCUT2D eigenvalue weighted by Gasteiger charge is -2.02. The van der Waals surface area contributed by atoms with Crippen molar-refractivity contribution in [2.24, 2.45) is 5.11 Å². The number of para-hydroxylation sites is 1. The SMILES string of the molecule is Cc1nc(CN=[N+]=[N-])nc2ccccc12. The Kier molecular flexibility index (Phi) is 2.48. The molecule has 0 aliphatic carbocycles. The molecule has 0 unspecified atom stereocenters. The van der Waals surface area contributed by atoms with E-state index in [0.29, 0.717) is 5.82 Å². The molecule has 0 aliphatic rings. The second kappa shape index (κ2) is 3.94. The third-order valence-corrected chi connectivity index (χ3v) is 2.12. The minimum absolute atomic E-state index is 0.197. The minimum atomic E-state index is 0.197. The van der Waals surface area contributed by atoms with E-state index in [1.54, 1.807) is 0 Å². The van der Waals surface area contributed by atoms with E-state index < -0.39 is 0 Å². The third kappa shape index (κ3) is 1.87. The molecule has 1 aromatic heterocycles. The van der Waals surface area contributed by atoms with E-state index >= 15 is 0 Å². The molecule has 5 heteroatoms. The van der Waals surface area contributed by atoms with Crippen LogP contribution in [0.5, 0.6) is 0 Å². The molecule has 1 heterocycles. The lowest BCUT2D eigenvalue weighted by molar-refractivity contribution is 0.902. The Balaban J connectivity index is 2.56. The zero-order valence-electron chi connectivity index (χ0n) is 8.25. The quantitative estimate of drug-likeness (QED) is 0.423. The van der Waals surface area contributed by atoms with Gasteiger partial charge in [-0.2, -0.15) is 0 Å². The lowest BCUT2D eigenvalue weighted by Crippen LogP contribution is -1.96. The van der Waals surface area contributed by atoms with Crippen LogP contribution in [0.4, 0.5) is 0 Å². The van der Waals surface area contributed by atoms with Crippen LogP contribution in [0.3, 0.4) is 0 Å². The second-order valence-corrected chi connectivity index (χ2v) is 3.13. The van der Waals surface area contributed by atoms with Gasteiger partial charge >= 0.3 is 0 Å². The van der Waals surface area contributed by atoms with Gasteiger partial charge in [-0.05, 0) is 18.5 Å². The maximum atomic E-state index is 8.21. The van der Waals surface area contributed by atoms with Crippen LogP contribution in [0.15, 0.2) is 29.4 Å². The Morgan fingerprint density at radius 3 is 2.93 bits per heavy atom. The molecule has 74 valence electrons. The Hall–Kier alpha value is -2.13. The van der Waals surface area contributed by atoms with Crippen LogP contribution in [-0.4, -0.2) is 9.97 Å². The van der Waals surface area contributed by atoms with E-state index in [0.717, 1.165) is 16.6 Å². The van der Waals surface area contributed by atoms with Gasteiger partial charge in [0.2, 0.25) is 0 Å². The predicted octanol–water partition coefficient (Wildman–Crippen LogP) is 2.75. The highest BCUT2D eigenvalue weighted by molar-refractivity contribution is 5.80. The van der Waals surface area contributed by atoms with Gasteiger partial charge in [-0.25, -0.2) is 9.97 Å². The Labute approximate surface area is 86.4 Å². The van der Waals surface area contributed by atoms with Crippen LogP contribution in [0, 0.1) is 6.92 Å². The maximum absolute atomic E-state index is 8.21. The van der Waals surface area contributed by atoms with Crippen molar-refractivity contribution in [1.29, 1.82) is 0 Å². The topological polar surface area (TPSA) is 74.5 Å². The summed E-state index contributed by atoms with van der Waals surface area (Å²) >= 11 is 0. The molecule has 2 aromatic rings. The molecule has 2 rings (SSSR count). The van der Waals surface area contributed by atoms with Gasteiger partial charge < -0.3 is 0 Å². The first-order chi connectivity index (χ1) is 7.31. The zero-order valence-corrected chi connectivity index (χ0v) is 8.25. The number of rotatable bonds is 2. The minimum Gasteiger partial charge on any atom is -0.237 e. The second-order valence-electron chi connectivity index (χ2n) is 3.13. The Morgan fingerprint density at radius 2 is 2.13 bits per heavy atom. The van der Waals surface area contributed by atoms with Crippen LogP contribution < -0.4 is 0 Å². The average molecular weight is 199 g/mol. The van der Waals surface area contributed by atoms with E-state index in [-0.39, 0.29) is 6.54 Å². The summed E-state index contributed by atoms with van der Waals surface area (Å²) < 4.78 is 0. The fourth-order valence-electron chi connectivity index (χ4n) is 1.46. The Morgan fingerprint density at radius 1 is 1.33 bits per heavy atom. The van der Waals surface area contributed by atoms with Gasteiger partial charge in [-0.3, -0.25) is 0 Å². The van der Waals surface area contributed by atoms with Crippen molar-refractivity contribution in [3.8, 4) is 0 Å². The van der Waals surface area contributed by atoms with E-state index in [9.17, 15) is 0 Å². The number of hydrogen-bond acceptors (Lipinski definition) is 3. The number of aromatic nitrogens is 2. The van der Waals surface area contributed by atoms with Crippen molar-refractivity contribution < 1.29 is 0 Å². The molecule has 0 N–H and O–H groups in total.